The lowest BCUT2D eigenvalue weighted by Crippen LogP contribution is -2.45. The third-order valence-electron chi connectivity index (χ3n) is 4.42. The molecule has 0 aliphatic carbocycles. The number of aliphatic hydroxyl groups excluding tert-OH is 1. The first-order valence-corrected chi connectivity index (χ1v) is 10.7. The number of carbonyl (C=O) groups is 2. The highest BCUT2D eigenvalue weighted by Gasteiger charge is 2.33. The predicted molar refractivity (Wildman–Crippen MR) is 125 cm³/mol. The van der Waals surface area contributed by atoms with E-state index in [2.05, 4.69) is 5.32 Å². The summed E-state index contributed by atoms with van der Waals surface area (Å²) in [5, 5.41) is 12.4. The van der Waals surface area contributed by atoms with Crippen LogP contribution < -0.4 is 5.32 Å². The highest BCUT2D eigenvalue weighted by molar-refractivity contribution is 8.26. The van der Waals surface area contributed by atoms with Crippen molar-refractivity contribution in [2.24, 2.45) is 0 Å². The molecule has 2 aromatic carbocycles. The monoisotopic (exact) mass is 438 g/mol. The van der Waals surface area contributed by atoms with Crippen LogP contribution in [-0.4, -0.2) is 45.3 Å². The minimum atomic E-state index is -0.428. The summed E-state index contributed by atoms with van der Waals surface area (Å²) in [6, 6.07) is 18.9. The standard InChI is InChI=1S/C23H22N2O3S2/c26-16-19(14-18-10-5-2-6-11-18)24-21(27)15-25-22(28)20(30-23(25)29)13-7-12-17-8-3-1-4-9-17/h1-13,19,26H,14-16H2,(H,24,27)/b12-7+,20-13-/t19-/m0/s1. The molecule has 0 saturated carbocycles. The van der Waals surface area contributed by atoms with Gasteiger partial charge in [-0.2, -0.15) is 0 Å². The van der Waals surface area contributed by atoms with Gasteiger partial charge < -0.3 is 10.4 Å². The molecule has 154 valence electrons. The molecule has 2 amide bonds. The molecule has 3 rings (SSSR count). The van der Waals surface area contributed by atoms with Crippen LogP contribution in [0.15, 0.2) is 77.7 Å². The molecule has 7 heteroatoms. The van der Waals surface area contributed by atoms with Crippen molar-refractivity contribution in [3.63, 3.8) is 0 Å². The molecule has 2 N–H and O–H groups in total. The van der Waals surface area contributed by atoms with E-state index in [0.717, 1.165) is 11.1 Å². The number of aliphatic hydroxyl groups is 1. The molecule has 0 spiro atoms. The van der Waals surface area contributed by atoms with Gasteiger partial charge in [-0.05, 0) is 23.6 Å². The number of nitrogens with zero attached hydrogens (tertiary/aromatic N) is 1. The van der Waals surface area contributed by atoms with Crippen molar-refractivity contribution in [3.8, 4) is 0 Å². The van der Waals surface area contributed by atoms with E-state index in [-0.39, 0.29) is 25.0 Å². The number of benzene rings is 2. The summed E-state index contributed by atoms with van der Waals surface area (Å²) in [7, 11) is 0. The van der Waals surface area contributed by atoms with Crippen LogP contribution in [0.3, 0.4) is 0 Å². The maximum atomic E-state index is 12.6. The average molecular weight is 439 g/mol. The zero-order chi connectivity index (χ0) is 21.3. The quantitative estimate of drug-likeness (QED) is 0.489. The molecule has 1 atom stereocenters. The van der Waals surface area contributed by atoms with Crippen molar-refractivity contribution >= 4 is 46.2 Å². The van der Waals surface area contributed by atoms with Crippen molar-refractivity contribution in [1.82, 2.24) is 10.2 Å². The molecule has 0 radical (unpaired) electrons. The number of allylic oxidation sites excluding steroid dienone is 2. The maximum absolute atomic E-state index is 12.6. The Morgan fingerprint density at radius 3 is 2.47 bits per heavy atom. The summed E-state index contributed by atoms with van der Waals surface area (Å²) in [6.07, 6.45) is 5.90. The molecule has 1 heterocycles. The summed E-state index contributed by atoms with van der Waals surface area (Å²) in [5.74, 6) is -0.649. The molecule has 0 unspecified atom stereocenters. The fraction of sp³-hybridized carbons (Fsp3) is 0.174. The first kappa shape index (κ1) is 22.0. The summed E-state index contributed by atoms with van der Waals surface area (Å²) < 4.78 is 0.345. The molecular formula is C23H22N2O3S2. The van der Waals surface area contributed by atoms with E-state index in [0.29, 0.717) is 15.6 Å². The van der Waals surface area contributed by atoms with E-state index in [4.69, 9.17) is 12.2 Å². The lowest BCUT2D eigenvalue weighted by molar-refractivity contribution is -0.129. The fourth-order valence-electron chi connectivity index (χ4n) is 2.94. The maximum Gasteiger partial charge on any atom is 0.266 e. The first-order valence-electron chi connectivity index (χ1n) is 9.48. The van der Waals surface area contributed by atoms with Gasteiger partial charge in [-0.15, -0.1) is 0 Å². The summed E-state index contributed by atoms with van der Waals surface area (Å²) >= 11 is 6.45. The predicted octanol–water partition coefficient (Wildman–Crippen LogP) is 3.16. The van der Waals surface area contributed by atoms with E-state index in [1.165, 1.54) is 16.7 Å². The highest BCUT2D eigenvalue weighted by atomic mass is 32.2. The van der Waals surface area contributed by atoms with Crippen LogP contribution in [0.5, 0.6) is 0 Å². The Hall–Kier alpha value is -2.74. The Labute approximate surface area is 185 Å². The Kier molecular flexibility index (Phi) is 7.96. The van der Waals surface area contributed by atoms with Crippen molar-refractivity contribution in [3.05, 3.63) is 88.8 Å². The Bertz CT molecular complexity index is 959. The normalized spacial score (nSPS) is 16.4. The number of rotatable bonds is 8. The van der Waals surface area contributed by atoms with Gasteiger partial charge in [0, 0.05) is 0 Å². The van der Waals surface area contributed by atoms with Crippen molar-refractivity contribution in [1.29, 1.82) is 0 Å². The molecule has 1 saturated heterocycles. The van der Waals surface area contributed by atoms with Gasteiger partial charge in [0.1, 0.15) is 10.9 Å². The summed E-state index contributed by atoms with van der Waals surface area (Å²) in [6.45, 7) is -0.362. The topological polar surface area (TPSA) is 69.6 Å². The van der Waals surface area contributed by atoms with Gasteiger partial charge in [0.15, 0.2) is 0 Å². The smallest absolute Gasteiger partial charge is 0.266 e. The number of amides is 2. The molecule has 2 aromatic rings. The molecule has 1 aliphatic heterocycles. The molecule has 0 aromatic heterocycles. The lowest BCUT2D eigenvalue weighted by atomic mass is 10.1. The first-order chi connectivity index (χ1) is 14.6. The second-order valence-corrected chi connectivity index (χ2v) is 8.37. The van der Waals surface area contributed by atoms with Gasteiger partial charge >= 0.3 is 0 Å². The van der Waals surface area contributed by atoms with Gasteiger partial charge in [-0.1, -0.05) is 96.8 Å². The minimum absolute atomic E-state index is 0.171. The Morgan fingerprint density at radius 1 is 1.13 bits per heavy atom. The molecule has 30 heavy (non-hydrogen) atoms. The van der Waals surface area contributed by atoms with Crippen LogP contribution in [0.25, 0.3) is 6.08 Å². The zero-order valence-electron chi connectivity index (χ0n) is 16.2. The van der Waals surface area contributed by atoms with Crippen molar-refractivity contribution < 1.29 is 14.7 Å². The third kappa shape index (κ3) is 6.13. The van der Waals surface area contributed by atoms with Crippen molar-refractivity contribution in [2.75, 3.05) is 13.2 Å². The highest BCUT2D eigenvalue weighted by Crippen LogP contribution is 2.30. The lowest BCUT2D eigenvalue weighted by Gasteiger charge is -2.19. The second-order valence-electron chi connectivity index (χ2n) is 6.70. The van der Waals surface area contributed by atoms with Crippen molar-refractivity contribution in [2.45, 2.75) is 12.5 Å². The molecular weight excluding hydrogens is 416 g/mol. The van der Waals surface area contributed by atoms with Crippen LogP contribution in [0, 0.1) is 0 Å². The van der Waals surface area contributed by atoms with Gasteiger partial charge in [0.05, 0.1) is 17.6 Å². The van der Waals surface area contributed by atoms with Gasteiger partial charge in [0.2, 0.25) is 5.91 Å². The van der Waals surface area contributed by atoms with Crippen LogP contribution >= 0.6 is 24.0 Å². The Balaban J connectivity index is 1.57. The van der Waals surface area contributed by atoms with E-state index < -0.39 is 6.04 Å². The minimum Gasteiger partial charge on any atom is -0.394 e. The van der Waals surface area contributed by atoms with Crippen LogP contribution in [0.2, 0.25) is 0 Å². The SMILES string of the molecule is O=C(CN1C(=O)/C(=C/C=C/c2ccccc2)SC1=S)N[C@H](CO)Cc1ccccc1. The molecule has 0 bridgehead atoms. The molecule has 5 nitrogen and oxygen atoms in total. The van der Waals surface area contributed by atoms with Crippen LogP contribution in [0.1, 0.15) is 11.1 Å². The van der Waals surface area contributed by atoms with Gasteiger partial charge in [0.25, 0.3) is 5.91 Å². The second kappa shape index (κ2) is 10.9. The number of carbonyl (C=O) groups excluding carboxylic acids is 2. The number of thiocarbonyl (C=S) groups is 1. The number of hydrogen-bond acceptors (Lipinski definition) is 5. The van der Waals surface area contributed by atoms with E-state index in [1.807, 2.05) is 66.7 Å². The summed E-state index contributed by atoms with van der Waals surface area (Å²) in [4.78, 5) is 26.8. The fourth-order valence-corrected chi connectivity index (χ4v) is 4.14. The van der Waals surface area contributed by atoms with Crippen LogP contribution in [0.4, 0.5) is 0 Å². The summed E-state index contributed by atoms with van der Waals surface area (Å²) in [5.41, 5.74) is 2.03. The largest absolute Gasteiger partial charge is 0.394 e. The molecule has 1 fully saturated rings. The number of nitrogens with one attached hydrogen (secondary N) is 1. The van der Waals surface area contributed by atoms with E-state index >= 15 is 0 Å². The van der Waals surface area contributed by atoms with Gasteiger partial charge in [-0.25, -0.2) is 0 Å². The number of hydrogen-bond donors (Lipinski definition) is 2. The number of thioether (sulfide) groups is 1. The molecule has 1 aliphatic rings. The van der Waals surface area contributed by atoms with E-state index in [1.54, 1.807) is 12.2 Å². The average Bonchev–Trinajstić information content (AvgIpc) is 3.02. The van der Waals surface area contributed by atoms with E-state index in [9.17, 15) is 14.7 Å². The third-order valence-corrected chi connectivity index (χ3v) is 5.82. The zero-order valence-corrected chi connectivity index (χ0v) is 17.9. The van der Waals surface area contributed by atoms with Crippen LogP contribution in [-0.2, 0) is 16.0 Å². The van der Waals surface area contributed by atoms with Gasteiger partial charge in [-0.3, -0.25) is 14.5 Å². The Morgan fingerprint density at radius 2 is 1.80 bits per heavy atom.